The van der Waals surface area contributed by atoms with Crippen LogP contribution in [0.1, 0.15) is 16.8 Å². The van der Waals surface area contributed by atoms with Gasteiger partial charge in [0.2, 0.25) is 5.13 Å². The lowest BCUT2D eigenvalue weighted by atomic mass is 10.2. The topological polar surface area (TPSA) is 46.5 Å². The number of hydrazone groups is 1. The number of anilines is 1. The SMILES string of the molecule is Cc1csc(NN=Cc2cccc(OCc3ccc(Cl)cc3F)c2)n1. The van der Waals surface area contributed by atoms with E-state index in [9.17, 15) is 4.39 Å². The molecule has 1 N–H and O–H groups in total. The molecule has 0 aliphatic rings. The van der Waals surface area contributed by atoms with Crippen molar-refractivity contribution in [2.24, 2.45) is 5.10 Å². The molecule has 0 spiro atoms. The Morgan fingerprint density at radius 1 is 1.32 bits per heavy atom. The molecule has 25 heavy (non-hydrogen) atoms. The van der Waals surface area contributed by atoms with Gasteiger partial charge in [0.1, 0.15) is 18.2 Å². The Morgan fingerprint density at radius 2 is 2.20 bits per heavy atom. The predicted molar refractivity (Wildman–Crippen MR) is 100 cm³/mol. The number of nitrogens with zero attached hydrogens (tertiary/aromatic N) is 2. The van der Waals surface area contributed by atoms with Gasteiger partial charge in [-0.3, -0.25) is 5.43 Å². The standard InChI is InChI=1S/C18H15ClFN3OS/c1-12-11-25-18(22-12)23-21-9-13-3-2-4-16(7-13)24-10-14-5-6-15(19)8-17(14)20/h2-9,11H,10H2,1H3,(H,22,23). The van der Waals surface area contributed by atoms with Crippen LogP contribution < -0.4 is 10.2 Å². The van der Waals surface area contributed by atoms with E-state index in [1.54, 1.807) is 18.3 Å². The number of hydrogen-bond acceptors (Lipinski definition) is 5. The largest absolute Gasteiger partial charge is 0.489 e. The first-order chi connectivity index (χ1) is 12.1. The Balaban J connectivity index is 1.61. The monoisotopic (exact) mass is 375 g/mol. The summed E-state index contributed by atoms with van der Waals surface area (Å²) < 4.78 is 19.4. The van der Waals surface area contributed by atoms with Crippen LogP contribution in [-0.4, -0.2) is 11.2 Å². The van der Waals surface area contributed by atoms with Crippen LogP contribution in [0.5, 0.6) is 5.75 Å². The van der Waals surface area contributed by atoms with Crippen molar-refractivity contribution in [3.63, 3.8) is 0 Å². The number of thiazole rings is 1. The third kappa shape index (κ3) is 5.01. The minimum absolute atomic E-state index is 0.125. The second-order valence-electron chi connectivity index (χ2n) is 5.26. The molecule has 0 radical (unpaired) electrons. The molecule has 0 aliphatic heterocycles. The maximum atomic E-state index is 13.8. The Bertz CT molecular complexity index is 898. The van der Waals surface area contributed by atoms with Crippen molar-refractivity contribution in [3.05, 3.63) is 75.5 Å². The zero-order valence-corrected chi connectivity index (χ0v) is 14.9. The molecule has 0 unspecified atom stereocenters. The van der Waals surface area contributed by atoms with Crippen molar-refractivity contribution in [3.8, 4) is 5.75 Å². The van der Waals surface area contributed by atoms with Gasteiger partial charge in [0.25, 0.3) is 0 Å². The number of aromatic nitrogens is 1. The summed E-state index contributed by atoms with van der Waals surface area (Å²) in [5.74, 6) is 0.247. The lowest BCUT2D eigenvalue weighted by Gasteiger charge is -2.08. The van der Waals surface area contributed by atoms with E-state index >= 15 is 0 Å². The summed E-state index contributed by atoms with van der Waals surface area (Å²) in [7, 11) is 0. The van der Waals surface area contributed by atoms with Crippen molar-refractivity contribution in [1.82, 2.24) is 4.98 Å². The maximum absolute atomic E-state index is 13.8. The second kappa shape index (κ2) is 8.09. The molecule has 3 aromatic rings. The highest BCUT2D eigenvalue weighted by molar-refractivity contribution is 7.13. The summed E-state index contributed by atoms with van der Waals surface area (Å²) in [6.07, 6.45) is 1.67. The van der Waals surface area contributed by atoms with Crippen molar-refractivity contribution in [1.29, 1.82) is 0 Å². The first kappa shape index (κ1) is 17.4. The Kier molecular flexibility index (Phi) is 5.63. The highest BCUT2D eigenvalue weighted by Crippen LogP contribution is 2.19. The van der Waals surface area contributed by atoms with Gasteiger partial charge in [-0.25, -0.2) is 9.37 Å². The van der Waals surface area contributed by atoms with Gasteiger partial charge in [-0.1, -0.05) is 29.8 Å². The summed E-state index contributed by atoms with van der Waals surface area (Å²) in [5, 5.41) is 7.20. The molecule has 0 amide bonds. The third-order valence-corrected chi connectivity index (χ3v) is 4.36. The molecule has 0 atom stereocenters. The minimum Gasteiger partial charge on any atom is -0.489 e. The maximum Gasteiger partial charge on any atom is 0.203 e. The van der Waals surface area contributed by atoms with Crippen LogP contribution in [0.25, 0.3) is 0 Å². The van der Waals surface area contributed by atoms with Crippen LogP contribution in [0, 0.1) is 12.7 Å². The summed E-state index contributed by atoms with van der Waals surface area (Å²) in [4.78, 5) is 4.26. The van der Waals surface area contributed by atoms with Crippen molar-refractivity contribution < 1.29 is 9.13 Å². The molecule has 0 saturated heterocycles. The van der Waals surface area contributed by atoms with E-state index in [2.05, 4.69) is 15.5 Å². The molecular formula is C18H15ClFN3OS. The fraction of sp³-hybridized carbons (Fsp3) is 0.111. The highest BCUT2D eigenvalue weighted by atomic mass is 35.5. The fourth-order valence-electron chi connectivity index (χ4n) is 2.05. The minimum atomic E-state index is -0.381. The summed E-state index contributed by atoms with van der Waals surface area (Å²) in [5.41, 5.74) is 5.13. The average Bonchev–Trinajstić information content (AvgIpc) is 3.00. The normalized spacial score (nSPS) is 11.0. The molecule has 0 fully saturated rings. The molecule has 3 rings (SSSR count). The Labute approximate surface area is 153 Å². The summed E-state index contributed by atoms with van der Waals surface area (Å²) >= 11 is 7.23. The average molecular weight is 376 g/mol. The van der Waals surface area contributed by atoms with E-state index in [1.165, 1.54) is 17.4 Å². The number of ether oxygens (including phenoxy) is 1. The van der Waals surface area contributed by atoms with Gasteiger partial charge in [0.15, 0.2) is 0 Å². The lowest BCUT2D eigenvalue weighted by molar-refractivity contribution is 0.300. The van der Waals surface area contributed by atoms with Gasteiger partial charge >= 0.3 is 0 Å². The zero-order chi connectivity index (χ0) is 17.6. The summed E-state index contributed by atoms with van der Waals surface area (Å²) in [6, 6.07) is 11.9. The quantitative estimate of drug-likeness (QED) is 0.471. The molecule has 0 saturated carbocycles. The number of hydrogen-bond donors (Lipinski definition) is 1. The van der Waals surface area contributed by atoms with Crippen LogP contribution in [0.15, 0.2) is 52.9 Å². The van der Waals surface area contributed by atoms with E-state index < -0.39 is 0 Å². The van der Waals surface area contributed by atoms with Gasteiger partial charge < -0.3 is 4.74 Å². The Morgan fingerprint density at radius 3 is 2.96 bits per heavy atom. The Hall–Kier alpha value is -2.44. The molecule has 1 aromatic heterocycles. The number of rotatable bonds is 6. The van der Waals surface area contributed by atoms with E-state index in [0.29, 0.717) is 16.3 Å². The molecule has 4 nitrogen and oxygen atoms in total. The predicted octanol–water partition coefficient (Wildman–Crippen LogP) is 5.27. The van der Waals surface area contributed by atoms with E-state index in [0.717, 1.165) is 16.4 Å². The van der Waals surface area contributed by atoms with Gasteiger partial charge in [-0.15, -0.1) is 11.3 Å². The van der Waals surface area contributed by atoms with E-state index in [4.69, 9.17) is 16.3 Å². The van der Waals surface area contributed by atoms with Gasteiger partial charge in [0.05, 0.1) is 11.9 Å². The number of aryl methyl sites for hydroxylation is 1. The van der Waals surface area contributed by atoms with Gasteiger partial charge in [-0.2, -0.15) is 5.10 Å². The molecule has 7 heteroatoms. The van der Waals surface area contributed by atoms with Crippen molar-refractivity contribution in [2.45, 2.75) is 13.5 Å². The lowest BCUT2D eigenvalue weighted by Crippen LogP contribution is -1.99. The van der Waals surface area contributed by atoms with Crippen molar-refractivity contribution >= 4 is 34.3 Å². The third-order valence-electron chi connectivity index (χ3n) is 3.26. The zero-order valence-electron chi connectivity index (χ0n) is 13.4. The summed E-state index contributed by atoms with van der Waals surface area (Å²) in [6.45, 7) is 2.05. The fourth-order valence-corrected chi connectivity index (χ4v) is 2.85. The second-order valence-corrected chi connectivity index (χ2v) is 6.56. The first-order valence-corrected chi connectivity index (χ1v) is 8.74. The van der Waals surface area contributed by atoms with Gasteiger partial charge in [-0.05, 0) is 36.8 Å². The molecule has 2 aromatic carbocycles. The molecule has 1 heterocycles. The van der Waals surface area contributed by atoms with E-state index in [-0.39, 0.29) is 12.4 Å². The van der Waals surface area contributed by atoms with Crippen LogP contribution in [-0.2, 0) is 6.61 Å². The van der Waals surface area contributed by atoms with Crippen LogP contribution in [0.2, 0.25) is 5.02 Å². The van der Waals surface area contributed by atoms with E-state index in [1.807, 2.05) is 36.6 Å². The van der Waals surface area contributed by atoms with Crippen LogP contribution in [0.4, 0.5) is 9.52 Å². The molecular weight excluding hydrogens is 361 g/mol. The van der Waals surface area contributed by atoms with Crippen LogP contribution >= 0.6 is 22.9 Å². The number of nitrogens with one attached hydrogen (secondary N) is 1. The van der Waals surface area contributed by atoms with Crippen molar-refractivity contribution in [2.75, 3.05) is 5.43 Å². The number of benzene rings is 2. The van der Waals surface area contributed by atoms with Gasteiger partial charge in [0, 0.05) is 16.0 Å². The molecule has 0 bridgehead atoms. The smallest absolute Gasteiger partial charge is 0.203 e. The molecule has 128 valence electrons. The highest BCUT2D eigenvalue weighted by Gasteiger charge is 2.04. The van der Waals surface area contributed by atoms with Crippen LogP contribution in [0.3, 0.4) is 0 Å². The first-order valence-electron chi connectivity index (χ1n) is 7.48. The number of halogens is 2. The molecule has 0 aliphatic carbocycles.